The third-order valence-electron chi connectivity index (χ3n) is 6.05. The monoisotopic (exact) mass is 460 g/mol. The molecule has 0 aliphatic carbocycles. The molecule has 0 saturated carbocycles. The zero-order valence-electron chi connectivity index (χ0n) is 21.5. The highest BCUT2D eigenvalue weighted by atomic mass is 16.5. The van der Waals surface area contributed by atoms with E-state index in [0.717, 1.165) is 51.4 Å². The maximum Gasteiger partial charge on any atom is 0.311 e. The van der Waals surface area contributed by atoms with Crippen molar-refractivity contribution in [1.82, 2.24) is 0 Å². The fourth-order valence-corrected chi connectivity index (χ4v) is 3.84. The Kier molecular flexibility index (Phi) is 17.4. The van der Waals surface area contributed by atoms with Gasteiger partial charge >= 0.3 is 11.9 Å². The molecule has 0 amide bonds. The lowest BCUT2D eigenvalue weighted by atomic mass is 10.0. The van der Waals surface area contributed by atoms with Crippen LogP contribution in [0.25, 0.3) is 0 Å². The minimum atomic E-state index is -0.161. The van der Waals surface area contributed by atoms with E-state index < -0.39 is 0 Å². The van der Waals surface area contributed by atoms with Crippen LogP contribution in [0.5, 0.6) is 5.75 Å². The second-order valence-corrected chi connectivity index (χ2v) is 9.51. The molecule has 0 unspecified atom stereocenters. The lowest BCUT2D eigenvalue weighted by Crippen LogP contribution is -2.07. The van der Waals surface area contributed by atoms with Gasteiger partial charge in [-0.3, -0.25) is 9.59 Å². The zero-order chi connectivity index (χ0) is 24.2. The highest BCUT2D eigenvalue weighted by Gasteiger charge is 2.06. The Morgan fingerprint density at radius 2 is 1.15 bits per heavy atom. The number of ether oxygens (including phenoxy) is 2. The molecule has 1 aromatic rings. The summed E-state index contributed by atoms with van der Waals surface area (Å²) in [7, 11) is 0. The smallest absolute Gasteiger partial charge is 0.311 e. The highest BCUT2D eigenvalue weighted by molar-refractivity contribution is 5.72. The van der Waals surface area contributed by atoms with E-state index in [-0.39, 0.29) is 11.9 Å². The van der Waals surface area contributed by atoms with Crippen molar-refractivity contribution in [3.05, 3.63) is 29.8 Å². The van der Waals surface area contributed by atoms with E-state index >= 15 is 0 Å². The van der Waals surface area contributed by atoms with Gasteiger partial charge < -0.3 is 9.47 Å². The fraction of sp³-hybridized carbons (Fsp3) is 0.724. The Balaban J connectivity index is 1.89. The van der Waals surface area contributed by atoms with Gasteiger partial charge in [0.2, 0.25) is 0 Å². The summed E-state index contributed by atoms with van der Waals surface area (Å²) in [6.07, 6.45) is 17.0. The number of benzene rings is 1. The predicted molar refractivity (Wildman–Crippen MR) is 137 cm³/mol. The van der Waals surface area contributed by atoms with Crippen LogP contribution < -0.4 is 4.74 Å². The van der Waals surface area contributed by atoms with E-state index in [2.05, 4.69) is 20.8 Å². The number of hydrogen-bond donors (Lipinski definition) is 0. The zero-order valence-corrected chi connectivity index (χ0v) is 21.5. The van der Waals surface area contributed by atoms with E-state index in [4.69, 9.17) is 9.47 Å². The van der Waals surface area contributed by atoms with Crippen molar-refractivity contribution >= 4 is 11.9 Å². The Hall–Kier alpha value is -1.84. The summed E-state index contributed by atoms with van der Waals surface area (Å²) in [4.78, 5) is 23.8. The highest BCUT2D eigenvalue weighted by Crippen LogP contribution is 2.19. The second kappa shape index (κ2) is 19.6. The number of rotatable bonds is 20. The molecule has 0 heterocycles. The molecular weight excluding hydrogens is 412 g/mol. The number of carbonyl (C=O) groups is 2. The summed E-state index contributed by atoms with van der Waals surface area (Å²) in [5.74, 6) is 0.882. The number of carbonyl (C=O) groups excluding carboxylic acids is 2. The summed E-state index contributed by atoms with van der Waals surface area (Å²) in [5.41, 5.74) is 1.24. The Labute approximate surface area is 202 Å². The van der Waals surface area contributed by atoms with Gasteiger partial charge in [0.05, 0.1) is 6.61 Å². The average molecular weight is 461 g/mol. The Bertz CT molecular complexity index is 621. The van der Waals surface area contributed by atoms with Gasteiger partial charge in [0, 0.05) is 12.8 Å². The predicted octanol–water partition coefficient (Wildman–Crippen LogP) is 8.52. The third-order valence-corrected chi connectivity index (χ3v) is 6.05. The molecular formula is C29H48O4. The minimum absolute atomic E-state index is 0.0536. The van der Waals surface area contributed by atoms with Crippen molar-refractivity contribution in [1.29, 1.82) is 0 Å². The largest absolute Gasteiger partial charge is 0.466 e. The molecule has 0 bridgehead atoms. The standard InChI is InChI=1S/C29H48O4/c1-4-5-6-7-8-11-14-17-24-32-28(30)18-15-12-9-10-13-16-19-29(31)33-27-22-20-26(21-23-27)25(2)3/h20-23,25H,4-19,24H2,1-3H3. The van der Waals surface area contributed by atoms with Gasteiger partial charge in [0.1, 0.15) is 5.75 Å². The van der Waals surface area contributed by atoms with Gasteiger partial charge in [-0.1, -0.05) is 104 Å². The van der Waals surface area contributed by atoms with Crippen LogP contribution in [-0.2, 0) is 14.3 Å². The van der Waals surface area contributed by atoms with Crippen molar-refractivity contribution in [2.75, 3.05) is 6.61 Å². The lowest BCUT2D eigenvalue weighted by molar-refractivity contribution is -0.144. The van der Waals surface area contributed by atoms with Gasteiger partial charge in [-0.15, -0.1) is 0 Å². The van der Waals surface area contributed by atoms with Crippen molar-refractivity contribution < 1.29 is 19.1 Å². The van der Waals surface area contributed by atoms with Gasteiger partial charge in [0.15, 0.2) is 0 Å². The second-order valence-electron chi connectivity index (χ2n) is 9.51. The topological polar surface area (TPSA) is 52.6 Å². The van der Waals surface area contributed by atoms with Crippen LogP contribution in [0.3, 0.4) is 0 Å². The molecule has 0 N–H and O–H groups in total. The first kappa shape index (κ1) is 29.2. The minimum Gasteiger partial charge on any atom is -0.466 e. The van der Waals surface area contributed by atoms with E-state index in [9.17, 15) is 9.59 Å². The van der Waals surface area contributed by atoms with E-state index in [1.165, 1.54) is 44.1 Å². The normalized spacial score (nSPS) is 11.0. The van der Waals surface area contributed by atoms with Gasteiger partial charge in [-0.25, -0.2) is 0 Å². The first-order valence-corrected chi connectivity index (χ1v) is 13.5. The average Bonchev–Trinajstić information content (AvgIpc) is 2.80. The van der Waals surface area contributed by atoms with Crippen molar-refractivity contribution in [3.63, 3.8) is 0 Å². The Morgan fingerprint density at radius 1 is 0.667 bits per heavy atom. The quantitative estimate of drug-likeness (QED) is 0.111. The number of hydrogen-bond acceptors (Lipinski definition) is 4. The van der Waals surface area contributed by atoms with E-state index in [1.54, 1.807) is 0 Å². The van der Waals surface area contributed by atoms with Crippen LogP contribution in [0.1, 0.15) is 135 Å². The van der Waals surface area contributed by atoms with Crippen LogP contribution in [0, 0.1) is 0 Å². The van der Waals surface area contributed by atoms with Gasteiger partial charge in [0.25, 0.3) is 0 Å². The molecule has 1 rings (SSSR count). The summed E-state index contributed by atoms with van der Waals surface area (Å²) < 4.78 is 10.7. The molecule has 0 aliphatic rings. The summed E-state index contributed by atoms with van der Waals surface area (Å²) in [6, 6.07) is 7.76. The number of esters is 2. The molecule has 0 fully saturated rings. The van der Waals surface area contributed by atoms with Crippen LogP contribution in [0.4, 0.5) is 0 Å². The SMILES string of the molecule is CCCCCCCCCCOC(=O)CCCCCCCCC(=O)Oc1ccc(C(C)C)cc1. The molecule has 0 spiro atoms. The molecule has 1 aromatic carbocycles. The molecule has 4 nitrogen and oxygen atoms in total. The molecule has 4 heteroatoms. The first-order valence-electron chi connectivity index (χ1n) is 13.5. The number of unbranched alkanes of at least 4 members (excludes halogenated alkanes) is 12. The molecule has 0 aliphatic heterocycles. The van der Waals surface area contributed by atoms with Gasteiger partial charge in [-0.05, 0) is 42.9 Å². The molecule has 0 aromatic heterocycles. The maximum absolute atomic E-state index is 12.0. The molecule has 188 valence electrons. The summed E-state index contributed by atoms with van der Waals surface area (Å²) >= 11 is 0. The van der Waals surface area contributed by atoms with Crippen LogP contribution in [-0.4, -0.2) is 18.5 Å². The fourth-order valence-electron chi connectivity index (χ4n) is 3.84. The summed E-state index contributed by atoms with van der Waals surface area (Å²) in [5, 5.41) is 0. The Morgan fingerprint density at radius 3 is 1.70 bits per heavy atom. The first-order chi connectivity index (χ1) is 16.0. The van der Waals surface area contributed by atoms with Crippen molar-refractivity contribution in [3.8, 4) is 5.75 Å². The van der Waals surface area contributed by atoms with Crippen LogP contribution >= 0.6 is 0 Å². The van der Waals surface area contributed by atoms with Crippen molar-refractivity contribution in [2.45, 2.75) is 129 Å². The van der Waals surface area contributed by atoms with E-state index in [1.807, 2.05) is 24.3 Å². The molecule has 0 atom stereocenters. The third kappa shape index (κ3) is 16.4. The maximum atomic E-state index is 12.0. The van der Waals surface area contributed by atoms with E-state index in [0.29, 0.717) is 31.1 Å². The molecule has 0 saturated heterocycles. The molecule has 33 heavy (non-hydrogen) atoms. The van der Waals surface area contributed by atoms with Crippen LogP contribution in [0.15, 0.2) is 24.3 Å². The van der Waals surface area contributed by atoms with Crippen LogP contribution in [0.2, 0.25) is 0 Å². The molecule has 0 radical (unpaired) electrons. The summed E-state index contributed by atoms with van der Waals surface area (Å²) in [6.45, 7) is 7.10. The van der Waals surface area contributed by atoms with Gasteiger partial charge in [-0.2, -0.15) is 0 Å². The lowest BCUT2D eigenvalue weighted by Gasteiger charge is -2.08. The van der Waals surface area contributed by atoms with Crippen molar-refractivity contribution in [2.24, 2.45) is 0 Å².